The van der Waals surface area contributed by atoms with E-state index in [2.05, 4.69) is 15.6 Å². The Bertz CT molecular complexity index is 609. The van der Waals surface area contributed by atoms with E-state index < -0.39 is 0 Å². The van der Waals surface area contributed by atoms with Crippen LogP contribution in [0.25, 0.3) is 0 Å². The predicted octanol–water partition coefficient (Wildman–Crippen LogP) is 3.01. The molecule has 0 atom stereocenters. The SMILES string of the molecule is CC(C)Nc1ccc(C(=O)NCCc2ccc(F)cc2)cn1. The molecule has 0 saturated carbocycles. The molecule has 116 valence electrons. The number of hydrogen-bond acceptors (Lipinski definition) is 3. The van der Waals surface area contributed by atoms with Gasteiger partial charge in [0.15, 0.2) is 0 Å². The van der Waals surface area contributed by atoms with E-state index in [9.17, 15) is 9.18 Å². The Hall–Kier alpha value is -2.43. The molecule has 2 rings (SSSR count). The minimum atomic E-state index is -0.256. The van der Waals surface area contributed by atoms with Crippen molar-refractivity contribution in [2.75, 3.05) is 11.9 Å². The number of rotatable bonds is 6. The average Bonchev–Trinajstić information content (AvgIpc) is 2.49. The first-order valence-corrected chi connectivity index (χ1v) is 7.30. The van der Waals surface area contributed by atoms with Gasteiger partial charge in [0.1, 0.15) is 11.6 Å². The average molecular weight is 301 g/mol. The molecule has 0 unspecified atom stereocenters. The number of hydrogen-bond donors (Lipinski definition) is 2. The van der Waals surface area contributed by atoms with Crippen LogP contribution in [0.3, 0.4) is 0 Å². The summed E-state index contributed by atoms with van der Waals surface area (Å²) in [5.41, 5.74) is 1.50. The van der Waals surface area contributed by atoms with Crippen molar-refractivity contribution in [1.29, 1.82) is 0 Å². The van der Waals surface area contributed by atoms with E-state index in [1.165, 1.54) is 12.1 Å². The lowest BCUT2D eigenvalue weighted by Crippen LogP contribution is -2.25. The number of nitrogens with one attached hydrogen (secondary N) is 2. The molecular weight excluding hydrogens is 281 g/mol. The summed E-state index contributed by atoms with van der Waals surface area (Å²) in [6.45, 7) is 4.55. The van der Waals surface area contributed by atoms with Crippen LogP contribution in [0.5, 0.6) is 0 Å². The minimum Gasteiger partial charge on any atom is -0.368 e. The molecule has 0 aliphatic carbocycles. The molecular formula is C17H20FN3O. The van der Waals surface area contributed by atoms with Gasteiger partial charge in [-0.25, -0.2) is 9.37 Å². The van der Waals surface area contributed by atoms with Crippen molar-refractivity contribution in [3.05, 3.63) is 59.5 Å². The largest absolute Gasteiger partial charge is 0.368 e. The summed E-state index contributed by atoms with van der Waals surface area (Å²) >= 11 is 0. The fourth-order valence-electron chi connectivity index (χ4n) is 1.98. The van der Waals surface area contributed by atoms with Crippen molar-refractivity contribution in [2.24, 2.45) is 0 Å². The molecule has 0 bridgehead atoms. The zero-order chi connectivity index (χ0) is 15.9. The van der Waals surface area contributed by atoms with Crippen LogP contribution in [0.1, 0.15) is 29.8 Å². The van der Waals surface area contributed by atoms with E-state index in [1.54, 1.807) is 30.5 Å². The Morgan fingerprint density at radius 1 is 1.18 bits per heavy atom. The Kier molecular flexibility index (Phi) is 5.47. The molecule has 22 heavy (non-hydrogen) atoms. The molecule has 1 heterocycles. The Labute approximate surface area is 129 Å². The van der Waals surface area contributed by atoms with E-state index >= 15 is 0 Å². The Morgan fingerprint density at radius 3 is 2.50 bits per heavy atom. The van der Waals surface area contributed by atoms with Gasteiger partial charge in [0.2, 0.25) is 0 Å². The van der Waals surface area contributed by atoms with Crippen LogP contribution in [0.4, 0.5) is 10.2 Å². The third-order valence-corrected chi connectivity index (χ3v) is 3.07. The first-order valence-electron chi connectivity index (χ1n) is 7.30. The van der Waals surface area contributed by atoms with E-state index in [0.717, 1.165) is 11.4 Å². The number of amides is 1. The summed E-state index contributed by atoms with van der Waals surface area (Å²) in [7, 11) is 0. The van der Waals surface area contributed by atoms with E-state index in [1.807, 2.05) is 13.8 Å². The molecule has 4 nitrogen and oxygen atoms in total. The maximum atomic E-state index is 12.8. The molecule has 0 spiro atoms. The second kappa shape index (κ2) is 7.54. The molecule has 2 aromatic rings. The maximum absolute atomic E-state index is 12.8. The van der Waals surface area contributed by atoms with Gasteiger partial charge in [-0.3, -0.25) is 4.79 Å². The number of nitrogens with zero attached hydrogens (tertiary/aromatic N) is 1. The van der Waals surface area contributed by atoms with Crippen LogP contribution >= 0.6 is 0 Å². The lowest BCUT2D eigenvalue weighted by Gasteiger charge is -2.09. The lowest BCUT2D eigenvalue weighted by molar-refractivity contribution is 0.0954. The van der Waals surface area contributed by atoms with Crippen LogP contribution in [-0.4, -0.2) is 23.5 Å². The second-order valence-corrected chi connectivity index (χ2v) is 5.36. The highest BCUT2D eigenvalue weighted by Gasteiger charge is 2.06. The normalized spacial score (nSPS) is 10.5. The summed E-state index contributed by atoms with van der Waals surface area (Å²) in [5, 5.41) is 6.00. The molecule has 0 radical (unpaired) electrons. The summed E-state index contributed by atoms with van der Waals surface area (Å²) in [6.07, 6.45) is 2.21. The number of pyridine rings is 1. The topological polar surface area (TPSA) is 54.0 Å². The fraction of sp³-hybridized carbons (Fsp3) is 0.294. The number of carbonyl (C=O) groups excluding carboxylic acids is 1. The smallest absolute Gasteiger partial charge is 0.252 e. The summed E-state index contributed by atoms with van der Waals surface area (Å²) in [6, 6.07) is 10.1. The monoisotopic (exact) mass is 301 g/mol. The zero-order valence-electron chi connectivity index (χ0n) is 12.8. The first-order chi connectivity index (χ1) is 10.5. The van der Waals surface area contributed by atoms with E-state index in [-0.39, 0.29) is 11.7 Å². The molecule has 0 aliphatic rings. The molecule has 0 saturated heterocycles. The second-order valence-electron chi connectivity index (χ2n) is 5.36. The molecule has 0 fully saturated rings. The summed E-state index contributed by atoms with van der Waals surface area (Å²) in [5.74, 6) is 0.331. The number of halogens is 1. The van der Waals surface area contributed by atoms with Crippen molar-refractivity contribution in [1.82, 2.24) is 10.3 Å². The predicted molar refractivity (Wildman–Crippen MR) is 85.4 cm³/mol. The summed E-state index contributed by atoms with van der Waals surface area (Å²) < 4.78 is 12.8. The molecule has 2 N–H and O–H groups in total. The highest BCUT2D eigenvalue weighted by atomic mass is 19.1. The standard InChI is InChI=1S/C17H20FN3O/c1-12(2)21-16-8-5-14(11-20-16)17(22)19-10-9-13-3-6-15(18)7-4-13/h3-8,11-12H,9-10H2,1-2H3,(H,19,22)(H,20,21). The van der Waals surface area contributed by atoms with Gasteiger partial charge in [0.05, 0.1) is 5.56 Å². The van der Waals surface area contributed by atoms with Crippen molar-refractivity contribution < 1.29 is 9.18 Å². The molecule has 1 aromatic carbocycles. The van der Waals surface area contributed by atoms with Crippen molar-refractivity contribution in [2.45, 2.75) is 26.3 Å². The van der Waals surface area contributed by atoms with E-state index in [0.29, 0.717) is 24.6 Å². The highest BCUT2D eigenvalue weighted by molar-refractivity contribution is 5.94. The minimum absolute atomic E-state index is 0.161. The lowest BCUT2D eigenvalue weighted by atomic mass is 10.1. The van der Waals surface area contributed by atoms with Gasteiger partial charge in [-0.05, 0) is 50.1 Å². The van der Waals surface area contributed by atoms with Crippen LogP contribution in [-0.2, 0) is 6.42 Å². The number of benzene rings is 1. The van der Waals surface area contributed by atoms with Crippen LogP contribution in [0.2, 0.25) is 0 Å². The summed E-state index contributed by atoms with van der Waals surface area (Å²) in [4.78, 5) is 16.2. The number of aromatic nitrogens is 1. The van der Waals surface area contributed by atoms with Crippen LogP contribution in [0, 0.1) is 5.82 Å². The van der Waals surface area contributed by atoms with Gasteiger partial charge in [-0.1, -0.05) is 12.1 Å². The fourth-order valence-corrected chi connectivity index (χ4v) is 1.98. The van der Waals surface area contributed by atoms with Gasteiger partial charge < -0.3 is 10.6 Å². The van der Waals surface area contributed by atoms with Crippen LogP contribution < -0.4 is 10.6 Å². The molecule has 1 aromatic heterocycles. The third-order valence-electron chi connectivity index (χ3n) is 3.07. The first kappa shape index (κ1) is 15.9. The van der Waals surface area contributed by atoms with Gasteiger partial charge in [0, 0.05) is 18.8 Å². The quantitative estimate of drug-likeness (QED) is 0.862. The van der Waals surface area contributed by atoms with Crippen molar-refractivity contribution >= 4 is 11.7 Å². The van der Waals surface area contributed by atoms with Gasteiger partial charge in [-0.2, -0.15) is 0 Å². The number of carbonyl (C=O) groups is 1. The maximum Gasteiger partial charge on any atom is 0.252 e. The van der Waals surface area contributed by atoms with Crippen molar-refractivity contribution in [3.8, 4) is 0 Å². The Morgan fingerprint density at radius 2 is 1.91 bits per heavy atom. The Balaban J connectivity index is 1.83. The van der Waals surface area contributed by atoms with Gasteiger partial charge in [-0.15, -0.1) is 0 Å². The van der Waals surface area contributed by atoms with Gasteiger partial charge in [0.25, 0.3) is 5.91 Å². The zero-order valence-corrected chi connectivity index (χ0v) is 12.8. The molecule has 0 aliphatic heterocycles. The molecule has 5 heteroatoms. The number of anilines is 1. The highest BCUT2D eigenvalue weighted by Crippen LogP contribution is 2.07. The van der Waals surface area contributed by atoms with Crippen molar-refractivity contribution in [3.63, 3.8) is 0 Å². The van der Waals surface area contributed by atoms with Crippen LogP contribution in [0.15, 0.2) is 42.6 Å². The molecule has 1 amide bonds. The van der Waals surface area contributed by atoms with Gasteiger partial charge >= 0.3 is 0 Å². The van der Waals surface area contributed by atoms with E-state index in [4.69, 9.17) is 0 Å². The third kappa shape index (κ3) is 4.84.